The molecule has 3 aliphatic rings. The predicted octanol–water partition coefficient (Wildman–Crippen LogP) is -0.654. The van der Waals surface area contributed by atoms with E-state index in [1.807, 2.05) is 0 Å². The van der Waals surface area contributed by atoms with Crippen LogP contribution in [0.25, 0.3) is 11.2 Å². The molecule has 0 bridgehead atoms. The number of anilines is 1. The third kappa shape index (κ3) is 3.18. The number of rotatable bonds is 1. The van der Waals surface area contributed by atoms with Gasteiger partial charge in [0.15, 0.2) is 22.1 Å². The molecule has 12 nitrogen and oxygen atoms in total. The minimum absolute atomic E-state index is 0.0496. The molecule has 5 atom stereocenters. The smallest absolute Gasteiger partial charge is 0.283 e. The number of nitrogens with one attached hydrogen (secondary N) is 1. The number of carbonyl (C=O) groups is 1. The van der Waals surface area contributed by atoms with Crippen LogP contribution >= 0.6 is 22.6 Å². The number of aromatic nitrogens is 4. The van der Waals surface area contributed by atoms with Crippen LogP contribution in [0.1, 0.15) is 19.1 Å². The van der Waals surface area contributed by atoms with Crippen LogP contribution in [0.15, 0.2) is 9.53 Å². The average Bonchev–Trinajstić information content (AvgIpc) is 3.05. The third-order valence-electron chi connectivity index (χ3n) is 5.01. The van der Waals surface area contributed by atoms with Crippen LogP contribution in [0.2, 0.25) is 0 Å². The lowest BCUT2D eigenvalue weighted by molar-refractivity contribution is -0.227. The topological polar surface area (TPSA) is 153 Å². The van der Waals surface area contributed by atoms with E-state index in [2.05, 4.69) is 31.2 Å². The molecule has 3 aliphatic heterocycles. The molecule has 0 radical (unpaired) electrons. The van der Waals surface area contributed by atoms with Crippen molar-refractivity contribution in [2.75, 3.05) is 11.9 Å². The molecule has 5 heterocycles. The Kier molecular flexibility index (Phi) is 4.68. The molecule has 0 aliphatic carbocycles. The average molecular weight is 507 g/mol. The number of imidazole rings is 1. The molecule has 2 fully saturated rings. The van der Waals surface area contributed by atoms with Gasteiger partial charge in [-0.15, -0.1) is 0 Å². The van der Waals surface area contributed by atoms with E-state index < -0.39 is 36.8 Å². The van der Waals surface area contributed by atoms with E-state index in [4.69, 9.17) is 25.6 Å². The summed E-state index contributed by atoms with van der Waals surface area (Å²) in [6.45, 7) is -3.48. The summed E-state index contributed by atoms with van der Waals surface area (Å²) in [6, 6.07) is 0. The second-order valence-electron chi connectivity index (χ2n) is 6.84. The van der Waals surface area contributed by atoms with E-state index in [0.717, 1.165) is 0 Å². The predicted molar refractivity (Wildman–Crippen MR) is 102 cm³/mol. The van der Waals surface area contributed by atoms with Crippen LogP contribution in [0.5, 0.6) is 0 Å². The van der Waals surface area contributed by atoms with Crippen molar-refractivity contribution in [3.63, 3.8) is 0 Å². The first-order valence-corrected chi connectivity index (χ1v) is 12.1. The monoisotopic (exact) mass is 506 g/mol. The van der Waals surface area contributed by atoms with Gasteiger partial charge in [0.25, 0.3) is 5.56 Å². The molecule has 0 aromatic carbocycles. The van der Waals surface area contributed by atoms with Gasteiger partial charge in [-0.25, -0.2) is 4.98 Å². The van der Waals surface area contributed by atoms with Crippen LogP contribution < -0.4 is 15.8 Å². The van der Waals surface area contributed by atoms with Crippen molar-refractivity contribution >= 4 is 57.5 Å². The van der Waals surface area contributed by atoms with Crippen molar-refractivity contribution in [3.8, 4) is 0 Å². The Morgan fingerprint density at radius 2 is 2.17 bits per heavy atom. The molecule has 156 valence electrons. The fourth-order valence-corrected chi connectivity index (χ4v) is 5.66. The van der Waals surface area contributed by atoms with Gasteiger partial charge in [0.2, 0.25) is 11.9 Å². The first-order valence-electron chi connectivity index (χ1n) is 8.71. The molecule has 29 heavy (non-hydrogen) atoms. The Hall–Kier alpha value is -1.25. The van der Waals surface area contributed by atoms with E-state index in [1.54, 1.807) is 0 Å². The van der Waals surface area contributed by atoms with E-state index in [9.17, 15) is 19.6 Å². The van der Waals surface area contributed by atoms with Gasteiger partial charge in [0.05, 0.1) is 6.61 Å². The van der Waals surface area contributed by atoms with Gasteiger partial charge in [-0.05, 0) is 22.4 Å². The Balaban J connectivity index is 1.62. The molecule has 0 saturated carbocycles. The van der Waals surface area contributed by atoms with Crippen LogP contribution in [-0.4, -0.2) is 55.0 Å². The summed E-state index contributed by atoms with van der Waals surface area (Å²) in [5.74, 6) is -0.152. The minimum atomic E-state index is -3.70. The summed E-state index contributed by atoms with van der Waals surface area (Å²) in [5.41, 5.74) is -0.264. The Labute approximate surface area is 176 Å². The maximum Gasteiger partial charge on any atom is 0.283 e. The van der Waals surface area contributed by atoms with Crippen molar-refractivity contribution in [1.82, 2.24) is 19.1 Å². The van der Waals surface area contributed by atoms with Crippen molar-refractivity contribution in [3.05, 3.63) is 15.1 Å². The fraction of sp³-hybridized carbons (Fsp3) is 0.571. The van der Waals surface area contributed by atoms with Gasteiger partial charge in [0, 0.05) is 13.0 Å². The zero-order chi connectivity index (χ0) is 20.5. The molecule has 2 aromatic heterocycles. The highest BCUT2D eigenvalue weighted by molar-refractivity contribution is 9.10. The molecule has 2 N–H and O–H groups in total. The van der Waals surface area contributed by atoms with Gasteiger partial charge < -0.3 is 23.8 Å². The van der Waals surface area contributed by atoms with Gasteiger partial charge >= 0.3 is 0 Å². The van der Waals surface area contributed by atoms with Gasteiger partial charge in [-0.3, -0.25) is 24.0 Å². The van der Waals surface area contributed by atoms with E-state index in [1.165, 1.54) is 9.13 Å². The molecule has 5 rings (SSSR count). The van der Waals surface area contributed by atoms with Crippen molar-refractivity contribution in [2.24, 2.45) is 0 Å². The Bertz CT molecular complexity index is 1140. The fourth-order valence-electron chi connectivity index (χ4n) is 3.69. The number of aliphatic hydroxyl groups is 1. The molecule has 3 unspecified atom stereocenters. The zero-order valence-electron chi connectivity index (χ0n) is 14.6. The Morgan fingerprint density at radius 3 is 2.97 bits per heavy atom. The highest BCUT2D eigenvalue weighted by Gasteiger charge is 2.50. The SMILES string of the molecule is O=C1CCCn2c(nc3c(nc(Br)n3[C@@H]3OC4COP([O-])(=S)O[C@H]4C3O)c2=O)N1. The van der Waals surface area contributed by atoms with Gasteiger partial charge in [-0.2, -0.15) is 4.98 Å². The van der Waals surface area contributed by atoms with E-state index >= 15 is 0 Å². The second kappa shape index (κ2) is 6.89. The standard InChI is InChI=1S/C14H15BrN5O7PS/c15-13-17-7-10(18-14-16-6(21)2-1-3-19(14)11(7)23)20(13)12-8(22)9-5(26-12)4-25-28(24,29)27-9/h5,8-9,12,22H,1-4H2,(H,24,29)(H,16,18,21)/p-1/t5?,8?,9-,12-,28?/m1/s1. The van der Waals surface area contributed by atoms with Gasteiger partial charge in [0.1, 0.15) is 25.0 Å². The number of hydrogen-bond acceptors (Lipinski definition) is 10. The quantitative estimate of drug-likeness (QED) is 0.376. The Morgan fingerprint density at radius 1 is 1.38 bits per heavy atom. The lowest BCUT2D eigenvalue weighted by Crippen LogP contribution is -2.41. The van der Waals surface area contributed by atoms with Crippen molar-refractivity contribution < 1.29 is 28.6 Å². The highest BCUT2D eigenvalue weighted by Crippen LogP contribution is 2.50. The molecule has 2 saturated heterocycles. The van der Waals surface area contributed by atoms with Gasteiger partial charge in [-0.1, -0.05) is 11.8 Å². The molecule has 2 aromatic rings. The first kappa shape index (κ1) is 19.7. The summed E-state index contributed by atoms with van der Waals surface area (Å²) >= 11 is 8.02. The summed E-state index contributed by atoms with van der Waals surface area (Å²) in [5, 5.41) is 13.4. The van der Waals surface area contributed by atoms with Crippen LogP contribution in [0, 0.1) is 0 Å². The van der Waals surface area contributed by atoms with Crippen LogP contribution in [0.4, 0.5) is 5.95 Å². The van der Waals surface area contributed by atoms with Crippen LogP contribution in [0.3, 0.4) is 0 Å². The zero-order valence-corrected chi connectivity index (χ0v) is 17.9. The number of carbonyl (C=O) groups excluding carboxylic acids is 1. The number of hydrogen-bond donors (Lipinski definition) is 2. The van der Waals surface area contributed by atoms with Crippen LogP contribution in [-0.2, 0) is 36.9 Å². The molecule has 15 heteroatoms. The maximum atomic E-state index is 12.9. The molecule has 0 spiro atoms. The summed E-state index contributed by atoms with van der Waals surface area (Å²) in [4.78, 5) is 45.4. The lowest BCUT2D eigenvalue weighted by atomic mass is 10.1. The number of amides is 1. The molecular weight excluding hydrogens is 493 g/mol. The maximum absolute atomic E-state index is 12.9. The summed E-state index contributed by atoms with van der Waals surface area (Å²) in [6.07, 6.45) is -3.24. The molecule has 1 amide bonds. The third-order valence-corrected chi connectivity index (χ3v) is 7.11. The highest BCUT2D eigenvalue weighted by atomic mass is 79.9. The number of ether oxygens (including phenoxy) is 1. The van der Waals surface area contributed by atoms with E-state index in [0.29, 0.717) is 13.0 Å². The largest absolute Gasteiger partial charge is 0.780 e. The number of fused-ring (bicyclic) bond motifs is 3. The summed E-state index contributed by atoms with van der Waals surface area (Å²) < 4.78 is 19.0. The van der Waals surface area contributed by atoms with E-state index in [-0.39, 0.29) is 40.8 Å². The van der Waals surface area contributed by atoms with Crippen molar-refractivity contribution in [2.45, 2.75) is 43.9 Å². The second-order valence-corrected chi connectivity index (χ2v) is 10.3. The van der Waals surface area contributed by atoms with Crippen molar-refractivity contribution in [1.29, 1.82) is 0 Å². The normalized spacial score (nSPS) is 34.5. The minimum Gasteiger partial charge on any atom is -0.780 e. The number of nitrogens with zero attached hydrogens (tertiary/aromatic N) is 4. The lowest BCUT2D eigenvalue weighted by Gasteiger charge is -2.38. The summed E-state index contributed by atoms with van der Waals surface area (Å²) in [7, 11) is 0. The number of halogens is 1. The number of aliphatic hydroxyl groups excluding tert-OH is 1. The molecular formula is C14H14BrN5O7PS-. The first-order chi connectivity index (χ1) is 13.7.